The SMILES string of the molecule is CC(=O)N[C@H]1[C@@H]([C@H](O)[C@H](O)CO)O[C@@](OC[C@H]2O[C@@H](O[C@H]3[C@H](O)[C@@H](O)C(O)O[C@@H]3CO)[C@H](O)[C@@H](O)[C@H]2O)(C(=O)O)C[C@@H]1O. The molecule has 0 bridgehead atoms. The maximum absolute atomic E-state index is 12.3. The Morgan fingerprint density at radius 1 is 0.930 bits per heavy atom. The number of hydrogen-bond acceptors (Lipinski definition) is 18. The van der Waals surface area contributed by atoms with E-state index in [0.29, 0.717) is 0 Å². The Morgan fingerprint density at radius 2 is 1.58 bits per heavy atom. The quantitative estimate of drug-likeness (QED) is 0.100. The average molecular weight is 634 g/mol. The molecule has 3 rings (SSSR count). The zero-order valence-electron chi connectivity index (χ0n) is 22.7. The molecule has 16 atom stereocenters. The van der Waals surface area contributed by atoms with Crippen molar-refractivity contribution in [2.75, 3.05) is 19.8 Å². The Kier molecular flexibility index (Phi) is 12.1. The molecule has 1 amide bonds. The number of hydrogen-bond donors (Lipinski definition) is 13. The molecular weight excluding hydrogens is 594 g/mol. The van der Waals surface area contributed by atoms with Gasteiger partial charge in [0.15, 0.2) is 12.6 Å². The van der Waals surface area contributed by atoms with Gasteiger partial charge in [-0.2, -0.15) is 0 Å². The minimum atomic E-state index is -2.83. The van der Waals surface area contributed by atoms with Gasteiger partial charge in [-0.15, -0.1) is 0 Å². The summed E-state index contributed by atoms with van der Waals surface area (Å²) in [6, 6.07) is -1.48. The fraction of sp³-hybridized carbons (Fsp3) is 0.913. The van der Waals surface area contributed by atoms with Gasteiger partial charge in [-0.3, -0.25) is 4.79 Å². The predicted octanol–water partition coefficient (Wildman–Crippen LogP) is -8.22. The number of nitrogens with one attached hydrogen (secondary N) is 1. The van der Waals surface area contributed by atoms with Crippen LogP contribution in [0.25, 0.3) is 0 Å². The Bertz CT molecular complexity index is 942. The van der Waals surface area contributed by atoms with Crippen LogP contribution in [-0.4, -0.2) is 191 Å². The van der Waals surface area contributed by atoms with Gasteiger partial charge in [0, 0.05) is 13.3 Å². The molecule has 0 aromatic carbocycles. The third-order valence-corrected chi connectivity index (χ3v) is 7.47. The lowest BCUT2D eigenvalue weighted by molar-refractivity contribution is -0.364. The van der Waals surface area contributed by atoms with Gasteiger partial charge in [0.25, 0.3) is 5.79 Å². The molecule has 0 radical (unpaired) electrons. The first-order chi connectivity index (χ1) is 20.1. The summed E-state index contributed by atoms with van der Waals surface area (Å²) in [5.74, 6) is -5.42. The van der Waals surface area contributed by atoms with E-state index in [4.69, 9.17) is 23.7 Å². The van der Waals surface area contributed by atoms with E-state index < -0.39 is 136 Å². The highest BCUT2D eigenvalue weighted by Gasteiger charge is 2.57. The number of ether oxygens (including phenoxy) is 5. The van der Waals surface area contributed by atoms with Crippen molar-refractivity contribution in [1.82, 2.24) is 5.32 Å². The lowest BCUT2D eigenvalue weighted by atomic mass is 9.88. The van der Waals surface area contributed by atoms with Crippen LogP contribution in [0.3, 0.4) is 0 Å². The number of carbonyl (C=O) groups is 2. The third-order valence-electron chi connectivity index (χ3n) is 7.47. The molecule has 1 unspecified atom stereocenters. The molecule has 0 aliphatic carbocycles. The molecule has 3 aliphatic rings. The first-order valence-corrected chi connectivity index (χ1v) is 13.2. The van der Waals surface area contributed by atoms with Crippen molar-refractivity contribution in [3.05, 3.63) is 0 Å². The fourth-order valence-corrected chi connectivity index (χ4v) is 5.05. The van der Waals surface area contributed by atoms with Crippen LogP contribution in [0.4, 0.5) is 0 Å². The van der Waals surface area contributed by atoms with Crippen LogP contribution in [0, 0.1) is 0 Å². The van der Waals surface area contributed by atoms with Gasteiger partial charge in [0.1, 0.15) is 67.1 Å². The van der Waals surface area contributed by atoms with Crippen molar-refractivity contribution >= 4 is 11.9 Å². The lowest BCUT2D eigenvalue weighted by Crippen LogP contribution is -2.68. The second-order valence-corrected chi connectivity index (χ2v) is 10.5. The van der Waals surface area contributed by atoms with E-state index in [9.17, 15) is 70.9 Å². The number of aliphatic hydroxyl groups excluding tert-OH is 11. The lowest BCUT2D eigenvalue weighted by Gasteiger charge is -2.48. The zero-order valence-corrected chi connectivity index (χ0v) is 22.7. The second-order valence-electron chi connectivity index (χ2n) is 10.5. The average Bonchev–Trinajstić information content (AvgIpc) is 2.96. The van der Waals surface area contributed by atoms with Crippen LogP contribution in [-0.2, 0) is 33.3 Å². The van der Waals surface area contributed by atoms with Crippen molar-refractivity contribution in [3.63, 3.8) is 0 Å². The van der Waals surface area contributed by atoms with Gasteiger partial charge < -0.3 is 90.3 Å². The van der Waals surface area contributed by atoms with E-state index in [0.717, 1.165) is 6.92 Å². The summed E-state index contributed by atoms with van der Waals surface area (Å²) in [5.41, 5.74) is 0. The standard InChI is InChI=1S/C23H39NO19/c1-6(27)24-11-7(28)2-23(22(37)38,43-19(11)12(30)8(29)3-25)39-5-10-13(31)14(32)17(35)21(41-10)42-18-9(4-26)40-20(36)16(34)15(18)33/h7-21,25-26,28-36H,2-5H2,1H3,(H,24,27)(H,37,38)/t7-,8+,9+,10+,11+,12+,13-,14-,15+,16+,17+,18+,19-,20?,21-,23+/m0/s1. The predicted molar refractivity (Wildman–Crippen MR) is 130 cm³/mol. The van der Waals surface area contributed by atoms with Crippen molar-refractivity contribution in [2.24, 2.45) is 0 Å². The van der Waals surface area contributed by atoms with Crippen LogP contribution in [0.15, 0.2) is 0 Å². The monoisotopic (exact) mass is 633 g/mol. The fourth-order valence-electron chi connectivity index (χ4n) is 5.05. The summed E-state index contributed by atoms with van der Waals surface area (Å²) in [6.45, 7) is -1.76. The maximum Gasteiger partial charge on any atom is 0.364 e. The normalized spacial score (nSPS) is 45.3. The van der Waals surface area contributed by atoms with E-state index in [1.165, 1.54) is 0 Å². The molecule has 3 fully saturated rings. The highest BCUT2D eigenvalue weighted by atomic mass is 16.8. The Labute approximate surface area is 243 Å². The summed E-state index contributed by atoms with van der Waals surface area (Å²) >= 11 is 0. The molecule has 3 aliphatic heterocycles. The van der Waals surface area contributed by atoms with E-state index in [1.54, 1.807) is 0 Å². The summed E-state index contributed by atoms with van der Waals surface area (Å²) < 4.78 is 26.7. The Morgan fingerprint density at radius 3 is 2.14 bits per heavy atom. The van der Waals surface area contributed by atoms with Crippen LogP contribution in [0.1, 0.15) is 13.3 Å². The first kappa shape index (κ1) is 35.8. The molecule has 0 aromatic rings. The zero-order chi connectivity index (χ0) is 32.4. The molecular formula is C23H39NO19. The van der Waals surface area contributed by atoms with Crippen molar-refractivity contribution in [1.29, 1.82) is 0 Å². The molecule has 20 heteroatoms. The first-order valence-electron chi connectivity index (χ1n) is 13.2. The van der Waals surface area contributed by atoms with Crippen LogP contribution in [0.2, 0.25) is 0 Å². The largest absolute Gasteiger partial charge is 0.477 e. The van der Waals surface area contributed by atoms with Gasteiger partial charge in [0.2, 0.25) is 5.91 Å². The second kappa shape index (κ2) is 14.6. The summed E-state index contributed by atoms with van der Waals surface area (Å²) in [5, 5.41) is 123. The molecule has 3 saturated heterocycles. The van der Waals surface area contributed by atoms with E-state index in [-0.39, 0.29) is 0 Å². The number of carboxylic acid groups (broad SMARTS) is 1. The summed E-state index contributed by atoms with van der Waals surface area (Å²) in [6.07, 6.45) is -27.0. The number of carbonyl (C=O) groups excluding carboxylic acids is 1. The van der Waals surface area contributed by atoms with Crippen molar-refractivity contribution in [2.45, 2.75) is 111 Å². The smallest absolute Gasteiger partial charge is 0.364 e. The van der Waals surface area contributed by atoms with Gasteiger partial charge in [-0.25, -0.2) is 4.79 Å². The highest BCUT2D eigenvalue weighted by Crippen LogP contribution is 2.35. The maximum atomic E-state index is 12.3. The molecule has 0 aromatic heterocycles. The Balaban J connectivity index is 1.82. The number of carboxylic acids is 1. The van der Waals surface area contributed by atoms with E-state index in [1.807, 2.05) is 0 Å². The minimum absolute atomic E-state index is 0.719. The number of aliphatic hydroxyl groups is 11. The molecule has 0 saturated carbocycles. The van der Waals surface area contributed by atoms with Gasteiger partial charge in [0.05, 0.1) is 32.0 Å². The highest BCUT2D eigenvalue weighted by molar-refractivity contribution is 5.76. The van der Waals surface area contributed by atoms with Crippen molar-refractivity contribution < 1.29 is 94.6 Å². The molecule has 13 N–H and O–H groups in total. The molecule has 43 heavy (non-hydrogen) atoms. The number of amides is 1. The molecule has 3 heterocycles. The van der Waals surface area contributed by atoms with Gasteiger partial charge in [-0.1, -0.05) is 0 Å². The van der Waals surface area contributed by atoms with Crippen molar-refractivity contribution in [3.8, 4) is 0 Å². The Hall–Kier alpha value is -1.70. The third kappa shape index (κ3) is 7.58. The van der Waals surface area contributed by atoms with Crippen LogP contribution >= 0.6 is 0 Å². The molecule has 250 valence electrons. The minimum Gasteiger partial charge on any atom is -0.477 e. The topological polar surface area (TPSA) is 335 Å². The van der Waals surface area contributed by atoms with Gasteiger partial charge in [-0.05, 0) is 0 Å². The van der Waals surface area contributed by atoms with E-state index >= 15 is 0 Å². The molecule has 20 nitrogen and oxygen atoms in total. The number of aliphatic carboxylic acids is 1. The summed E-state index contributed by atoms with van der Waals surface area (Å²) in [7, 11) is 0. The van der Waals surface area contributed by atoms with Crippen LogP contribution in [0.5, 0.6) is 0 Å². The van der Waals surface area contributed by atoms with Gasteiger partial charge >= 0.3 is 5.97 Å². The molecule has 0 spiro atoms. The van der Waals surface area contributed by atoms with E-state index in [2.05, 4.69) is 5.32 Å². The number of rotatable bonds is 11. The summed E-state index contributed by atoms with van der Waals surface area (Å²) in [4.78, 5) is 24.0. The van der Waals surface area contributed by atoms with Crippen LogP contribution < -0.4 is 5.32 Å².